The first-order valence-corrected chi connectivity index (χ1v) is 5.52. The van der Waals surface area contributed by atoms with Gasteiger partial charge in [-0.1, -0.05) is 13.0 Å². The van der Waals surface area contributed by atoms with Crippen LogP contribution in [0.5, 0.6) is 0 Å². The molecule has 1 amide bonds. The average Bonchev–Trinajstić information content (AvgIpc) is 2.27. The molecule has 1 fully saturated rings. The molecule has 0 saturated carbocycles. The van der Waals surface area contributed by atoms with Crippen LogP contribution in [-0.2, 0) is 11.2 Å². The van der Waals surface area contributed by atoms with Crippen LogP contribution in [0, 0.1) is 0 Å². The van der Waals surface area contributed by atoms with Crippen molar-refractivity contribution in [3.05, 3.63) is 29.6 Å². The third kappa shape index (κ3) is 2.07. The molecule has 0 unspecified atom stereocenters. The highest BCUT2D eigenvalue weighted by Crippen LogP contribution is 2.14. The number of hydrogen-bond acceptors (Lipinski definition) is 3. The smallest absolute Gasteiger partial charge is 0.272 e. The summed E-state index contributed by atoms with van der Waals surface area (Å²) in [4.78, 5) is 18.0. The SMILES string of the molecule is CCc1cccc(C(=O)N2CC(OC)C2)n1. The highest BCUT2D eigenvalue weighted by molar-refractivity contribution is 5.92. The lowest BCUT2D eigenvalue weighted by Crippen LogP contribution is -2.54. The fourth-order valence-electron chi connectivity index (χ4n) is 1.71. The molecular weight excluding hydrogens is 204 g/mol. The zero-order valence-corrected chi connectivity index (χ0v) is 9.64. The van der Waals surface area contributed by atoms with Crippen molar-refractivity contribution in [1.29, 1.82) is 0 Å². The van der Waals surface area contributed by atoms with Crippen molar-refractivity contribution in [3.8, 4) is 0 Å². The monoisotopic (exact) mass is 220 g/mol. The minimum absolute atomic E-state index is 0.00333. The lowest BCUT2D eigenvalue weighted by atomic mass is 10.1. The predicted octanol–water partition coefficient (Wildman–Crippen LogP) is 1.11. The highest BCUT2D eigenvalue weighted by Gasteiger charge is 2.31. The van der Waals surface area contributed by atoms with Gasteiger partial charge in [0, 0.05) is 25.9 Å². The molecular formula is C12H16N2O2. The molecule has 0 aromatic carbocycles. The molecule has 2 heterocycles. The summed E-state index contributed by atoms with van der Waals surface area (Å²) in [6.45, 7) is 3.38. The van der Waals surface area contributed by atoms with Crippen molar-refractivity contribution >= 4 is 5.91 Å². The van der Waals surface area contributed by atoms with Gasteiger partial charge in [-0.05, 0) is 18.6 Å². The standard InChI is InChI=1S/C12H16N2O2/c1-3-9-5-4-6-11(13-9)12(15)14-7-10(8-14)16-2/h4-6,10H,3,7-8H2,1-2H3. The zero-order chi connectivity index (χ0) is 11.5. The molecule has 1 aliphatic heterocycles. The van der Waals surface area contributed by atoms with Gasteiger partial charge in [-0.3, -0.25) is 4.79 Å². The van der Waals surface area contributed by atoms with Crippen molar-refractivity contribution in [2.45, 2.75) is 19.4 Å². The first-order chi connectivity index (χ1) is 7.74. The number of methoxy groups -OCH3 is 1. The van der Waals surface area contributed by atoms with Crippen LogP contribution in [-0.4, -0.2) is 42.1 Å². The fourth-order valence-corrected chi connectivity index (χ4v) is 1.71. The van der Waals surface area contributed by atoms with Crippen LogP contribution >= 0.6 is 0 Å². The van der Waals surface area contributed by atoms with E-state index >= 15 is 0 Å². The minimum Gasteiger partial charge on any atom is -0.378 e. The van der Waals surface area contributed by atoms with Gasteiger partial charge < -0.3 is 9.64 Å². The molecule has 0 N–H and O–H groups in total. The lowest BCUT2D eigenvalue weighted by Gasteiger charge is -2.37. The number of aromatic nitrogens is 1. The maximum absolute atomic E-state index is 12.0. The quantitative estimate of drug-likeness (QED) is 0.766. The number of likely N-dealkylation sites (tertiary alicyclic amines) is 1. The Bertz CT molecular complexity index is 386. The molecule has 2 rings (SSSR count). The summed E-state index contributed by atoms with van der Waals surface area (Å²) >= 11 is 0. The second-order valence-corrected chi connectivity index (χ2v) is 3.94. The van der Waals surface area contributed by atoms with E-state index in [9.17, 15) is 4.79 Å². The average molecular weight is 220 g/mol. The number of hydrogen-bond donors (Lipinski definition) is 0. The third-order valence-electron chi connectivity index (χ3n) is 2.86. The third-order valence-corrected chi connectivity index (χ3v) is 2.86. The Kier molecular flexibility index (Phi) is 3.19. The number of amides is 1. The van der Waals surface area contributed by atoms with E-state index in [1.165, 1.54) is 0 Å². The summed E-state index contributed by atoms with van der Waals surface area (Å²) in [5.74, 6) is 0.00333. The van der Waals surface area contributed by atoms with Gasteiger partial charge in [0.05, 0.1) is 6.10 Å². The largest absolute Gasteiger partial charge is 0.378 e. The summed E-state index contributed by atoms with van der Waals surface area (Å²) < 4.78 is 5.13. The second-order valence-electron chi connectivity index (χ2n) is 3.94. The number of pyridine rings is 1. The Morgan fingerprint density at radius 3 is 2.94 bits per heavy atom. The normalized spacial score (nSPS) is 16.0. The van der Waals surface area contributed by atoms with Gasteiger partial charge in [0.15, 0.2) is 0 Å². The van der Waals surface area contributed by atoms with Crippen LogP contribution in [0.4, 0.5) is 0 Å². The van der Waals surface area contributed by atoms with Crippen LogP contribution in [0.2, 0.25) is 0 Å². The van der Waals surface area contributed by atoms with Crippen molar-refractivity contribution in [3.63, 3.8) is 0 Å². The molecule has 16 heavy (non-hydrogen) atoms. The van der Waals surface area contributed by atoms with E-state index in [4.69, 9.17) is 4.74 Å². The Morgan fingerprint density at radius 2 is 2.31 bits per heavy atom. The molecule has 0 bridgehead atoms. The molecule has 1 aromatic heterocycles. The Labute approximate surface area is 95.2 Å². The Hall–Kier alpha value is -1.42. The van der Waals surface area contributed by atoms with Crippen molar-refractivity contribution in [2.24, 2.45) is 0 Å². The van der Waals surface area contributed by atoms with Crippen LogP contribution in [0.1, 0.15) is 23.1 Å². The summed E-state index contributed by atoms with van der Waals surface area (Å²) in [5.41, 5.74) is 1.49. The number of carbonyl (C=O) groups is 1. The van der Waals surface area contributed by atoms with Gasteiger partial charge in [-0.25, -0.2) is 4.98 Å². The van der Waals surface area contributed by atoms with Gasteiger partial charge in [0.1, 0.15) is 5.69 Å². The number of carbonyl (C=O) groups excluding carboxylic acids is 1. The summed E-state index contributed by atoms with van der Waals surface area (Å²) in [7, 11) is 1.67. The number of nitrogens with zero attached hydrogens (tertiary/aromatic N) is 2. The summed E-state index contributed by atoms with van der Waals surface area (Å²) in [6, 6.07) is 5.58. The summed E-state index contributed by atoms with van der Waals surface area (Å²) in [6.07, 6.45) is 1.04. The van der Waals surface area contributed by atoms with E-state index in [0.717, 1.165) is 12.1 Å². The Balaban J connectivity index is 2.04. The topological polar surface area (TPSA) is 42.4 Å². The van der Waals surface area contributed by atoms with E-state index in [1.807, 2.05) is 19.1 Å². The number of rotatable bonds is 3. The van der Waals surface area contributed by atoms with Gasteiger partial charge in [-0.15, -0.1) is 0 Å². The molecule has 1 aromatic rings. The van der Waals surface area contributed by atoms with Crippen molar-refractivity contribution in [1.82, 2.24) is 9.88 Å². The maximum Gasteiger partial charge on any atom is 0.272 e. The van der Waals surface area contributed by atoms with E-state index in [1.54, 1.807) is 18.1 Å². The fraction of sp³-hybridized carbons (Fsp3) is 0.500. The van der Waals surface area contributed by atoms with E-state index in [2.05, 4.69) is 4.98 Å². The lowest BCUT2D eigenvalue weighted by molar-refractivity contribution is -0.0194. The van der Waals surface area contributed by atoms with E-state index in [0.29, 0.717) is 18.8 Å². The Morgan fingerprint density at radius 1 is 1.56 bits per heavy atom. The second kappa shape index (κ2) is 4.61. The minimum atomic E-state index is 0.00333. The van der Waals surface area contributed by atoms with Gasteiger partial charge >= 0.3 is 0 Å². The van der Waals surface area contributed by atoms with Crippen molar-refractivity contribution < 1.29 is 9.53 Å². The zero-order valence-electron chi connectivity index (χ0n) is 9.64. The predicted molar refractivity (Wildman–Crippen MR) is 60.3 cm³/mol. The maximum atomic E-state index is 12.0. The molecule has 4 nitrogen and oxygen atoms in total. The van der Waals surface area contributed by atoms with Crippen molar-refractivity contribution in [2.75, 3.05) is 20.2 Å². The molecule has 1 aliphatic rings. The first kappa shape index (κ1) is 11.1. The highest BCUT2D eigenvalue weighted by atomic mass is 16.5. The molecule has 86 valence electrons. The summed E-state index contributed by atoms with van der Waals surface area (Å²) in [5, 5.41) is 0. The van der Waals surface area contributed by atoms with Gasteiger partial charge in [0.25, 0.3) is 5.91 Å². The molecule has 0 radical (unpaired) electrons. The van der Waals surface area contributed by atoms with Gasteiger partial charge in [0.2, 0.25) is 0 Å². The molecule has 0 atom stereocenters. The molecule has 0 spiro atoms. The first-order valence-electron chi connectivity index (χ1n) is 5.52. The molecule has 4 heteroatoms. The number of aryl methyl sites for hydroxylation is 1. The van der Waals surface area contributed by atoms with Crippen LogP contribution < -0.4 is 0 Å². The molecule has 1 saturated heterocycles. The van der Waals surface area contributed by atoms with Crippen LogP contribution in [0.25, 0.3) is 0 Å². The number of ether oxygens (including phenoxy) is 1. The van der Waals surface area contributed by atoms with Gasteiger partial charge in [-0.2, -0.15) is 0 Å². The van der Waals surface area contributed by atoms with Crippen LogP contribution in [0.3, 0.4) is 0 Å². The van der Waals surface area contributed by atoms with E-state index in [-0.39, 0.29) is 12.0 Å². The van der Waals surface area contributed by atoms with Crippen LogP contribution in [0.15, 0.2) is 18.2 Å². The van der Waals surface area contributed by atoms with E-state index < -0.39 is 0 Å². The molecule has 0 aliphatic carbocycles.